The van der Waals surface area contributed by atoms with Crippen molar-refractivity contribution in [3.8, 4) is 0 Å². The molecule has 1 heterocycles. The van der Waals surface area contributed by atoms with E-state index in [4.69, 9.17) is 0 Å². The summed E-state index contributed by atoms with van der Waals surface area (Å²) in [4.78, 5) is 28.3. The van der Waals surface area contributed by atoms with Gasteiger partial charge in [0.1, 0.15) is 5.54 Å². The molecule has 3 rings (SSSR count). The highest BCUT2D eigenvalue weighted by Crippen LogP contribution is 2.34. The lowest BCUT2D eigenvalue weighted by molar-refractivity contribution is -0.133. The van der Waals surface area contributed by atoms with Crippen LogP contribution in [0.3, 0.4) is 0 Å². The number of anilines is 1. The van der Waals surface area contributed by atoms with Crippen LogP contribution in [-0.4, -0.2) is 55.5 Å². The molecule has 166 valence electrons. The molecule has 2 amide bonds. The molecule has 8 heteroatoms. The number of nitrogens with one attached hydrogen (secondary N) is 1. The van der Waals surface area contributed by atoms with Crippen molar-refractivity contribution in [3.05, 3.63) is 29.3 Å². The van der Waals surface area contributed by atoms with Gasteiger partial charge in [0, 0.05) is 18.3 Å². The minimum absolute atomic E-state index is 0.0565. The lowest BCUT2D eigenvalue weighted by Gasteiger charge is -2.47. The number of piperazine rings is 1. The van der Waals surface area contributed by atoms with Crippen LogP contribution in [0, 0.1) is 13.8 Å². The minimum atomic E-state index is -3.62. The molecule has 7 nitrogen and oxygen atoms in total. The molecule has 2 aliphatic rings. The van der Waals surface area contributed by atoms with Crippen molar-refractivity contribution in [2.24, 2.45) is 0 Å². The first-order chi connectivity index (χ1) is 14.0. The summed E-state index contributed by atoms with van der Waals surface area (Å²) in [6, 6.07) is 5.70. The van der Waals surface area contributed by atoms with Crippen molar-refractivity contribution in [3.63, 3.8) is 0 Å². The van der Waals surface area contributed by atoms with Crippen molar-refractivity contribution in [2.75, 3.05) is 24.2 Å². The molecule has 1 aliphatic heterocycles. The first-order valence-corrected chi connectivity index (χ1v) is 12.5. The van der Waals surface area contributed by atoms with Gasteiger partial charge in [0.15, 0.2) is 0 Å². The number of hydrogen-bond donors (Lipinski definition) is 1. The molecule has 1 saturated carbocycles. The molecular weight excluding hydrogens is 402 g/mol. The van der Waals surface area contributed by atoms with E-state index in [-0.39, 0.29) is 30.9 Å². The van der Waals surface area contributed by atoms with Crippen LogP contribution in [0.4, 0.5) is 5.69 Å². The molecule has 1 aliphatic carbocycles. The van der Waals surface area contributed by atoms with Crippen LogP contribution in [0.25, 0.3) is 0 Å². The van der Waals surface area contributed by atoms with Crippen molar-refractivity contribution >= 4 is 27.5 Å². The predicted molar refractivity (Wildman–Crippen MR) is 118 cm³/mol. The van der Waals surface area contributed by atoms with E-state index in [1.807, 2.05) is 32.0 Å². The Morgan fingerprint density at radius 1 is 1.13 bits per heavy atom. The zero-order valence-corrected chi connectivity index (χ0v) is 19.2. The van der Waals surface area contributed by atoms with Crippen molar-refractivity contribution in [2.45, 2.75) is 70.9 Å². The number of rotatable bonds is 4. The number of hydrogen-bond acceptors (Lipinski definition) is 4. The summed E-state index contributed by atoms with van der Waals surface area (Å²) >= 11 is 0. The largest absolute Gasteiger partial charge is 0.351 e. The molecule has 1 aromatic carbocycles. The smallest absolute Gasteiger partial charge is 0.247 e. The second-order valence-corrected chi connectivity index (χ2v) is 10.9. The number of carbonyl (C=O) groups excluding carboxylic acids is 2. The Morgan fingerprint density at radius 2 is 1.77 bits per heavy atom. The molecule has 1 atom stereocenters. The number of carbonyl (C=O) groups is 2. The molecule has 1 saturated heterocycles. The lowest BCUT2D eigenvalue weighted by Crippen LogP contribution is -2.70. The van der Waals surface area contributed by atoms with Gasteiger partial charge in [-0.2, -0.15) is 4.31 Å². The van der Waals surface area contributed by atoms with Crippen LogP contribution in [0.15, 0.2) is 18.2 Å². The SMILES string of the molecule is Cc1cccc(N2C(=O)CN(S(C)(=O)=O)C[C@]2(C)C(=O)NC2CCCCCC2)c1C. The fourth-order valence-corrected chi connectivity index (χ4v) is 5.35. The van der Waals surface area contributed by atoms with Gasteiger partial charge in [-0.3, -0.25) is 14.5 Å². The van der Waals surface area contributed by atoms with Gasteiger partial charge in [-0.15, -0.1) is 0 Å². The second kappa shape index (κ2) is 8.67. The van der Waals surface area contributed by atoms with Crippen molar-refractivity contribution in [1.29, 1.82) is 0 Å². The van der Waals surface area contributed by atoms with E-state index in [1.165, 1.54) is 17.7 Å². The summed E-state index contributed by atoms with van der Waals surface area (Å²) in [5.41, 5.74) is 1.25. The van der Waals surface area contributed by atoms with Gasteiger partial charge in [-0.1, -0.05) is 37.8 Å². The highest BCUT2D eigenvalue weighted by Gasteiger charge is 2.51. The van der Waals surface area contributed by atoms with E-state index in [0.717, 1.165) is 47.4 Å². The molecule has 0 spiro atoms. The molecule has 30 heavy (non-hydrogen) atoms. The fourth-order valence-electron chi connectivity index (χ4n) is 4.52. The van der Waals surface area contributed by atoms with Crippen LogP contribution in [0.5, 0.6) is 0 Å². The van der Waals surface area contributed by atoms with Gasteiger partial charge in [0.2, 0.25) is 21.8 Å². The summed E-state index contributed by atoms with van der Waals surface area (Å²) < 4.78 is 25.6. The Bertz CT molecular complexity index is 922. The van der Waals surface area contributed by atoms with Crippen LogP contribution in [0.2, 0.25) is 0 Å². The number of sulfonamides is 1. The van der Waals surface area contributed by atoms with E-state index in [1.54, 1.807) is 6.92 Å². The summed E-state index contributed by atoms with van der Waals surface area (Å²) in [6.45, 7) is 5.22. The standard InChI is InChI=1S/C22H33N3O4S/c1-16-10-9-13-19(17(16)2)25-20(26)14-24(30(4,28)29)15-22(25,3)21(27)23-18-11-7-5-6-8-12-18/h9-10,13,18H,5-8,11-12,14-15H2,1-4H3,(H,23,27)/t22-/m1/s1. The van der Waals surface area contributed by atoms with E-state index >= 15 is 0 Å². The minimum Gasteiger partial charge on any atom is -0.351 e. The van der Waals surface area contributed by atoms with Crippen LogP contribution >= 0.6 is 0 Å². The maximum Gasteiger partial charge on any atom is 0.247 e. The second-order valence-electron chi connectivity index (χ2n) is 8.92. The van der Waals surface area contributed by atoms with Crippen molar-refractivity contribution < 1.29 is 18.0 Å². The first-order valence-electron chi connectivity index (χ1n) is 10.7. The third-order valence-corrected chi connectivity index (χ3v) is 7.70. The number of nitrogens with zero attached hydrogens (tertiary/aromatic N) is 2. The molecule has 0 aromatic heterocycles. The van der Waals surface area contributed by atoms with Crippen LogP contribution in [0.1, 0.15) is 56.6 Å². The Labute approximate surface area is 179 Å². The van der Waals surface area contributed by atoms with E-state index in [9.17, 15) is 18.0 Å². The van der Waals surface area contributed by atoms with Gasteiger partial charge >= 0.3 is 0 Å². The topological polar surface area (TPSA) is 86.8 Å². The highest BCUT2D eigenvalue weighted by molar-refractivity contribution is 7.88. The van der Waals surface area contributed by atoms with Crippen LogP contribution < -0.4 is 10.2 Å². The normalized spacial score (nSPS) is 24.5. The third kappa shape index (κ3) is 4.54. The average Bonchev–Trinajstić information content (AvgIpc) is 2.92. The maximum absolute atomic E-state index is 13.6. The predicted octanol–water partition coefficient (Wildman–Crippen LogP) is 2.51. The fraction of sp³-hybridized carbons (Fsp3) is 0.636. The number of benzene rings is 1. The van der Waals surface area contributed by atoms with Crippen LogP contribution in [-0.2, 0) is 19.6 Å². The Balaban J connectivity index is 2.01. The van der Waals surface area contributed by atoms with Crippen molar-refractivity contribution in [1.82, 2.24) is 9.62 Å². The average molecular weight is 436 g/mol. The zero-order valence-electron chi connectivity index (χ0n) is 18.4. The molecule has 0 bridgehead atoms. The summed E-state index contributed by atoms with van der Waals surface area (Å²) in [7, 11) is -3.62. The number of aryl methyl sites for hydroxylation is 1. The van der Waals surface area contributed by atoms with Gasteiger partial charge < -0.3 is 5.32 Å². The maximum atomic E-state index is 13.6. The Kier molecular flexibility index (Phi) is 6.57. The molecule has 2 fully saturated rings. The van der Waals surface area contributed by atoms with Gasteiger partial charge in [-0.05, 0) is 50.8 Å². The van der Waals surface area contributed by atoms with Gasteiger partial charge in [0.05, 0.1) is 12.8 Å². The van der Waals surface area contributed by atoms with Gasteiger partial charge in [0.25, 0.3) is 0 Å². The quantitative estimate of drug-likeness (QED) is 0.736. The number of amides is 2. The third-order valence-electron chi connectivity index (χ3n) is 6.50. The van der Waals surface area contributed by atoms with Gasteiger partial charge in [-0.25, -0.2) is 8.42 Å². The summed E-state index contributed by atoms with van der Waals surface area (Å²) in [5.74, 6) is -0.684. The van der Waals surface area contributed by atoms with E-state index in [0.29, 0.717) is 5.69 Å². The molecule has 0 radical (unpaired) electrons. The molecule has 1 N–H and O–H groups in total. The Hall–Kier alpha value is -1.93. The molecule has 1 aromatic rings. The highest BCUT2D eigenvalue weighted by atomic mass is 32.2. The first kappa shape index (κ1) is 22.7. The molecule has 0 unspecified atom stereocenters. The monoisotopic (exact) mass is 435 g/mol. The molecular formula is C22H33N3O4S. The summed E-state index contributed by atoms with van der Waals surface area (Å²) in [6.07, 6.45) is 7.37. The Morgan fingerprint density at radius 3 is 2.37 bits per heavy atom. The van der Waals surface area contributed by atoms with E-state index < -0.39 is 15.6 Å². The lowest BCUT2D eigenvalue weighted by atomic mass is 9.92. The van der Waals surface area contributed by atoms with E-state index in [2.05, 4.69) is 5.32 Å². The summed E-state index contributed by atoms with van der Waals surface area (Å²) in [5, 5.41) is 3.14. The zero-order chi connectivity index (χ0) is 22.1.